The number of hydrogen-bond acceptors (Lipinski definition) is 9. The van der Waals surface area contributed by atoms with Crippen molar-refractivity contribution in [2.45, 2.75) is 27.3 Å². The van der Waals surface area contributed by atoms with Crippen molar-refractivity contribution in [3.05, 3.63) is 59.9 Å². The number of carbonyl (C=O) groups is 1. The van der Waals surface area contributed by atoms with Crippen LogP contribution in [0.4, 0.5) is 5.13 Å². The van der Waals surface area contributed by atoms with E-state index < -0.39 is 0 Å². The number of pyridine rings is 1. The molecule has 2 aromatic heterocycles. The Hall–Kier alpha value is -4.05. The predicted octanol–water partition coefficient (Wildman–Crippen LogP) is 5.75. The average molecular weight is 538 g/mol. The van der Waals surface area contributed by atoms with Crippen LogP contribution >= 0.6 is 11.3 Å². The molecule has 10 heteroatoms. The van der Waals surface area contributed by atoms with Gasteiger partial charge in [-0.15, -0.1) is 0 Å². The van der Waals surface area contributed by atoms with Gasteiger partial charge in [0, 0.05) is 11.8 Å². The Morgan fingerprint density at radius 2 is 1.53 bits per heavy atom. The van der Waals surface area contributed by atoms with Gasteiger partial charge in [-0.05, 0) is 57.2 Å². The minimum absolute atomic E-state index is 0.200. The lowest BCUT2D eigenvalue weighted by Crippen LogP contribution is -2.30. The van der Waals surface area contributed by atoms with Gasteiger partial charge in [0.05, 0.1) is 46.3 Å². The lowest BCUT2D eigenvalue weighted by atomic mass is 10.1. The largest absolute Gasteiger partial charge is 0.495 e. The minimum Gasteiger partial charge on any atom is -0.495 e. The molecule has 0 saturated carbocycles. The molecule has 38 heavy (non-hydrogen) atoms. The van der Waals surface area contributed by atoms with Crippen LogP contribution in [0.2, 0.25) is 0 Å². The number of amides is 1. The van der Waals surface area contributed by atoms with Crippen LogP contribution in [-0.2, 0) is 6.54 Å². The number of aromatic nitrogens is 2. The SMILES string of the molecule is CCOc1cc(C(=O)N(Cc2ccccn2)c2nc3c(OC)ccc(OC)c3s2)cc(OCC)c1OCC. The third kappa shape index (κ3) is 5.60. The number of fused-ring (bicyclic) bond motifs is 1. The fraction of sp³-hybridized carbons (Fsp3) is 0.321. The first-order chi connectivity index (χ1) is 18.5. The van der Waals surface area contributed by atoms with Gasteiger partial charge in [-0.2, -0.15) is 0 Å². The molecule has 0 N–H and O–H groups in total. The molecule has 0 fully saturated rings. The van der Waals surface area contributed by atoms with E-state index in [1.807, 2.05) is 45.0 Å². The van der Waals surface area contributed by atoms with Gasteiger partial charge >= 0.3 is 0 Å². The van der Waals surface area contributed by atoms with Gasteiger partial charge < -0.3 is 23.7 Å². The van der Waals surface area contributed by atoms with Crippen LogP contribution in [0, 0.1) is 0 Å². The van der Waals surface area contributed by atoms with E-state index in [1.165, 1.54) is 11.3 Å². The predicted molar refractivity (Wildman–Crippen MR) is 147 cm³/mol. The number of rotatable bonds is 12. The van der Waals surface area contributed by atoms with Crippen molar-refractivity contribution in [2.75, 3.05) is 38.9 Å². The molecule has 0 atom stereocenters. The normalized spacial score (nSPS) is 10.8. The van der Waals surface area contributed by atoms with Crippen molar-refractivity contribution >= 4 is 32.6 Å². The van der Waals surface area contributed by atoms with Gasteiger partial charge in [-0.3, -0.25) is 14.7 Å². The molecule has 2 aromatic carbocycles. The highest BCUT2D eigenvalue weighted by atomic mass is 32.1. The summed E-state index contributed by atoms with van der Waals surface area (Å²) in [6.07, 6.45) is 1.69. The van der Waals surface area contributed by atoms with Crippen molar-refractivity contribution in [3.63, 3.8) is 0 Å². The molecule has 0 aliphatic rings. The van der Waals surface area contributed by atoms with Crippen LogP contribution in [0.15, 0.2) is 48.7 Å². The number of methoxy groups -OCH3 is 2. The fourth-order valence-corrected chi connectivity index (χ4v) is 5.01. The third-order valence-corrected chi connectivity index (χ3v) is 6.67. The molecule has 0 aliphatic carbocycles. The summed E-state index contributed by atoms with van der Waals surface area (Å²) in [6, 6.07) is 12.6. The number of carbonyl (C=O) groups excluding carboxylic acids is 1. The second-order valence-corrected chi connectivity index (χ2v) is 8.93. The van der Waals surface area contributed by atoms with Gasteiger partial charge in [0.15, 0.2) is 16.6 Å². The highest BCUT2D eigenvalue weighted by Gasteiger charge is 2.27. The second kappa shape index (κ2) is 12.5. The fourth-order valence-electron chi connectivity index (χ4n) is 3.94. The van der Waals surface area contributed by atoms with Gasteiger partial charge in [-0.25, -0.2) is 4.98 Å². The van der Waals surface area contributed by atoms with E-state index in [0.717, 1.165) is 4.70 Å². The lowest BCUT2D eigenvalue weighted by Gasteiger charge is -2.22. The summed E-state index contributed by atoms with van der Waals surface area (Å²) in [5, 5.41) is 0.475. The molecule has 200 valence electrons. The maximum absolute atomic E-state index is 14.2. The highest BCUT2D eigenvalue weighted by Crippen LogP contribution is 2.42. The van der Waals surface area contributed by atoms with Crippen LogP contribution in [0.3, 0.4) is 0 Å². The summed E-state index contributed by atoms with van der Waals surface area (Å²) in [4.78, 5) is 25.0. The van der Waals surface area contributed by atoms with Crippen LogP contribution < -0.4 is 28.6 Å². The summed E-state index contributed by atoms with van der Waals surface area (Å²) in [6.45, 7) is 7.06. The van der Waals surface area contributed by atoms with Crippen LogP contribution in [0.1, 0.15) is 36.8 Å². The Kier molecular flexibility index (Phi) is 8.85. The maximum Gasteiger partial charge on any atom is 0.260 e. The monoisotopic (exact) mass is 537 g/mol. The highest BCUT2D eigenvalue weighted by molar-refractivity contribution is 7.22. The molecular formula is C28H31N3O6S. The van der Waals surface area contributed by atoms with E-state index in [1.54, 1.807) is 43.5 Å². The summed E-state index contributed by atoms with van der Waals surface area (Å²) in [5.74, 6) is 2.29. The molecule has 4 rings (SSSR count). The Morgan fingerprint density at radius 1 is 0.868 bits per heavy atom. The molecule has 9 nitrogen and oxygen atoms in total. The zero-order valence-corrected chi connectivity index (χ0v) is 23.0. The van der Waals surface area contributed by atoms with Gasteiger partial charge in [0.1, 0.15) is 21.7 Å². The smallest absolute Gasteiger partial charge is 0.260 e. The van der Waals surface area contributed by atoms with Crippen molar-refractivity contribution in [1.82, 2.24) is 9.97 Å². The van der Waals surface area contributed by atoms with E-state index in [2.05, 4.69) is 4.98 Å². The van der Waals surface area contributed by atoms with Crippen molar-refractivity contribution in [2.24, 2.45) is 0 Å². The summed E-state index contributed by atoms with van der Waals surface area (Å²) >= 11 is 1.34. The quantitative estimate of drug-likeness (QED) is 0.226. The number of benzene rings is 2. The van der Waals surface area contributed by atoms with Crippen LogP contribution in [0.5, 0.6) is 28.7 Å². The number of anilines is 1. The molecular weight excluding hydrogens is 506 g/mol. The molecule has 0 unspecified atom stereocenters. The number of thiazole rings is 1. The number of nitrogens with zero attached hydrogens (tertiary/aromatic N) is 3. The molecule has 4 aromatic rings. The second-order valence-electron chi connectivity index (χ2n) is 7.96. The molecule has 0 spiro atoms. The lowest BCUT2D eigenvalue weighted by molar-refractivity contribution is 0.0983. The number of ether oxygens (including phenoxy) is 5. The van der Waals surface area contributed by atoms with Crippen molar-refractivity contribution in [1.29, 1.82) is 0 Å². The maximum atomic E-state index is 14.2. The first-order valence-corrected chi connectivity index (χ1v) is 13.2. The number of hydrogen-bond donors (Lipinski definition) is 0. The molecule has 0 bridgehead atoms. The Labute approximate surface area is 225 Å². The molecule has 1 amide bonds. The van der Waals surface area contributed by atoms with E-state index in [4.69, 9.17) is 28.7 Å². The first kappa shape index (κ1) is 27.0. The molecule has 0 saturated heterocycles. The van der Waals surface area contributed by atoms with Gasteiger partial charge in [0.25, 0.3) is 5.91 Å². The zero-order chi connectivity index (χ0) is 27.1. The van der Waals surface area contributed by atoms with Crippen LogP contribution in [-0.4, -0.2) is 49.9 Å². The summed E-state index contributed by atoms with van der Waals surface area (Å²) < 4.78 is 29.4. The van der Waals surface area contributed by atoms with Crippen molar-refractivity contribution < 1.29 is 28.5 Å². The average Bonchev–Trinajstić information content (AvgIpc) is 3.38. The van der Waals surface area contributed by atoms with E-state index in [-0.39, 0.29) is 12.5 Å². The Bertz CT molecular complexity index is 1320. The summed E-state index contributed by atoms with van der Waals surface area (Å²) in [5.41, 5.74) is 1.69. The van der Waals surface area contributed by atoms with E-state index in [0.29, 0.717) is 70.5 Å². The van der Waals surface area contributed by atoms with E-state index in [9.17, 15) is 4.79 Å². The first-order valence-electron chi connectivity index (χ1n) is 12.3. The Morgan fingerprint density at radius 3 is 2.11 bits per heavy atom. The standard InChI is InChI=1S/C28H31N3O6S/c1-6-35-22-15-18(16-23(36-7-2)25(22)37-8-3)27(32)31(17-19-11-9-10-14-29-19)28-30-24-20(33-4)12-13-21(34-5)26(24)38-28/h9-16H,6-8,17H2,1-5H3. The third-order valence-electron chi connectivity index (χ3n) is 5.58. The minimum atomic E-state index is -0.294. The van der Waals surface area contributed by atoms with Gasteiger partial charge in [0.2, 0.25) is 5.75 Å². The summed E-state index contributed by atoms with van der Waals surface area (Å²) in [7, 11) is 3.18. The molecule has 0 aliphatic heterocycles. The molecule has 2 heterocycles. The van der Waals surface area contributed by atoms with E-state index >= 15 is 0 Å². The van der Waals surface area contributed by atoms with Crippen LogP contribution in [0.25, 0.3) is 10.2 Å². The zero-order valence-electron chi connectivity index (χ0n) is 22.1. The Balaban J connectivity index is 1.86. The molecule has 0 radical (unpaired) electrons. The van der Waals surface area contributed by atoms with Gasteiger partial charge in [-0.1, -0.05) is 17.4 Å². The van der Waals surface area contributed by atoms with Crippen molar-refractivity contribution in [3.8, 4) is 28.7 Å². The topological polar surface area (TPSA) is 92.2 Å².